The first-order chi connectivity index (χ1) is 11.9. The van der Waals surface area contributed by atoms with Crippen molar-refractivity contribution in [2.24, 2.45) is 0 Å². The fourth-order valence-corrected chi connectivity index (χ4v) is 3.49. The molecule has 1 heterocycles. The van der Waals surface area contributed by atoms with Gasteiger partial charge in [0.25, 0.3) is 0 Å². The summed E-state index contributed by atoms with van der Waals surface area (Å²) in [4.78, 5) is 0. The van der Waals surface area contributed by atoms with Crippen LogP contribution in [0.25, 0.3) is 5.69 Å². The number of hydrogen-bond donors (Lipinski definition) is 0. The first-order valence-corrected chi connectivity index (χ1v) is 8.49. The Morgan fingerprint density at radius 3 is 2.36 bits per heavy atom. The second-order valence-corrected chi connectivity index (χ2v) is 6.50. The third-order valence-electron chi connectivity index (χ3n) is 3.77. The molecule has 0 spiro atoms. The maximum atomic E-state index is 13.1. The molecular formula is C17H15F3N4S. The van der Waals surface area contributed by atoms with Crippen LogP contribution < -0.4 is 0 Å². The van der Waals surface area contributed by atoms with Crippen molar-refractivity contribution < 1.29 is 13.2 Å². The van der Waals surface area contributed by atoms with Crippen LogP contribution >= 0.6 is 11.8 Å². The number of alkyl halides is 3. The largest absolute Gasteiger partial charge is 0.416 e. The van der Waals surface area contributed by atoms with Gasteiger partial charge in [-0.05, 0) is 47.0 Å². The van der Waals surface area contributed by atoms with Crippen LogP contribution in [0.3, 0.4) is 0 Å². The van der Waals surface area contributed by atoms with Crippen LogP contribution in [0.4, 0.5) is 13.2 Å². The Morgan fingerprint density at radius 1 is 1.00 bits per heavy atom. The van der Waals surface area contributed by atoms with E-state index < -0.39 is 11.7 Å². The normalized spacial score (nSPS) is 11.7. The number of para-hydroxylation sites is 1. The van der Waals surface area contributed by atoms with Crippen LogP contribution in [0.5, 0.6) is 0 Å². The van der Waals surface area contributed by atoms with E-state index in [1.807, 2.05) is 32.0 Å². The van der Waals surface area contributed by atoms with Crippen molar-refractivity contribution in [3.05, 3.63) is 64.7 Å². The highest BCUT2D eigenvalue weighted by Crippen LogP contribution is 2.34. The summed E-state index contributed by atoms with van der Waals surface area (Å²) in [6.45, 7) is 3.88. The molecule has 0 unspecified atom stereocenters. The van der Waals surface area contributed by atoms with Gasteiger partial charge in [-0.2, -0.15) is 17.9 Å². The van der Waals surface area contributed by atoms with E-state index in [-0.39, 0.29) is 11.3 Å². The van der Waals surface area contributed by atoms with Gasteiger partial charge in [0.05, 0.1) is 11.3 Å². The van der Waals surface area contributed by atoms with E-state index in [0.717, 1.165) is 22.9 Å². The molecule has 0 fully saturated rings. The zero-order valence-electron chi connectivity index (χ0n) is 13.6. The van der Waals surface area contributed by atoms with Crippen molar-refractivity contribution in [2.75, 3.05) is 0 Å². The minimum atomic E-state index is -4.38. The lowest BCUT2D eigenvalue weighted by Gasteiger charge is -2.13. The molecule has 0 saturated heterocycles. The maximum Gasteiger partial charge on any atom is 0.416 e. The van der Waals surface area contributed by atoms with Gasteiger partial charge < -0.3 is 0 Å². The fourth-order valence-electron chi connectivity index (χ4n) is 2.61. The van der Waals surface area contributed by atoms with Crippen LogP contribution in [-0.4, -0.2) is 20.2 Å². The smallest absolute Gasteiger partial charge is 0.187 e. The Balaban J connectivity index is 1.89. The van der Waals surface area contributed by atoms with Crippen molar-refractivity contribution in [3.63, 3.8) is 0 Å². The van der Waals surface area contributed by atoms with Gasteiger partial charge in [0, 0.05) is 5.75 Å². The van der Waals surface area contributed by atoms with Crippen LogP contribution in [0, 0.1) is 13.8 Å². The predicted molar refractivity (Wildman–Crippen MR) is 89.6 cm³/mol. The number of tetrazole rings is 1. The van der Waals surface area contributed by atoms with Crippen LogP contribution in [0.15, 0.2) is 47.6 Å². The molecule has 0 N–H and O–H groups in total. The summed E-state index contributed by atoms with van der Waals surface area (Å²) in [5.74, 6) is 0.126. The van der Waals surface area contributed by atoms with Gasteiger partial charge in [0.1, 0.15) is 0 Å². The molecule has 0 atom stereocenters. The third-order valence-corrected chi connectivity index (χ3v) is 4.74. The Morgan fingerprint density at radius 2 is 1.68 bits per heavy atom. The van der Waals surface area contributed by atoms with Crippen LogP contribution in [-0.2, 0) is 11.9 Å². The summed E-state index contributed by atoms with van der Waals surface area (Å²) in [5, 5.41) is 12.1. The number of aryl methyl sites for hydroxylation is 2. The molecule has 0 aliphatic carbocycles. The lowest BCUT2D eigenvalue weighted by molar-refractivity contribution is -0.138. The molecule has 4 nitrogen and oxygen atoms in total. The topological polar surface area (TPSA) is 43.6 Å². The number of rotatable bonds is 4. The predicted octanol–water partition coefficient (Wildman–Crippen LogP) is 4.59. The molecule has 2 aromatic carbocycles. The zero-order valence-corrected chi connectivity index (χ0v) is 14.4. The van der Waals surface area contributed by atoms with E-state index in [2.05, 4.69) is 15.5 Å². The molecule has 0 amide bonds. The molecule has 0 aliphatic heterocycles. The average molecular weight is 364 g/mol. The number of hydrogen-bond acceptors (Lipinski definition) is 4. The molecule has 25 heavy (non-hydrogen) atoms. The highest BCUT2D eigenvalue weighted by Gasteiger charge is 2.32. The Kier molecular flexibility index (Phi) is 4.80. The quantitative estimate of drug-likeness (QED) is 0.635. The van der Waals surface area contributed by atoms with Crippen LogP contribution in [0.2, 0.25) is 0 Å². The molecule has 8 heteroatoms. The lowest BCUT2D eigenvalue weighted by Crippen LogP contribution is -2.08. The number of benzene rings is 2. The Hall–Kier alpha value is -2.35. The standard InChI is InChI=1S/C17H15F3N4S/c1-11-6-5-7-12(2)15(11)24-16(21-22-23-24)25-10-13-8-3-4-9-14(13)17(18,19)20/h3-9H,10H2,1-2H3. The molecule has 1 aromatic heterocycles. The summed E-state index contributed by atoms with van der Waals surface area (Å²) >= 11 is 1.18. The number of halogens is 3. The van der Waals surface area contributed by atoms with E-state index in [4.69, 9.17) is 0 Å². The van der Waals surface area contributed by atoms with Gasteiger partial charge in [-0.25, -0.2) is 0 Å². The Labute approximate surface area is 147 Å². The molecule has 0 bridgehead atoms. The van der Waals surface area contributed by atoms with Crippen molar-refractivity contribution in [1.82, 2.24) is 20.2 Å². The van der Waals surface area contributed by atoms with Crippen molar-refractivity contribution in [2.45, 2.75) is 30.9 Å². The minimum absolute atomic E-state index is 0.126. The summed E-state index contributed by atoms with van der Waals surface area (Å²) in [6.07, 6.45) is -4.38. The molecule has 0 radical (unpaired) electrons. The van der Waals surface area contributed by atoms with E-state index >= 15 is 0 Å². The van der Waals surface area contributed by atoms with Gasteiger partial charge in [-0.3, -0.25) is 0 Å². The minimum Gasteiger partial charge on any atom is -0.187 e. The maximum absolute atomic E-state index is 13.1. The molecule has 130 valence electrons. The summed E-state index contributed by atoms with van der Waals surface area (Å²) in [5.41, 5.74) is 2.40. The van der Waals surface area contributed by atoms with Crippen molar-refractivity contribution in [3.8, 4) is 5.69 Å². The highest BCUT2D eigenvalue weighted by molar-refractivity contribution is 7.98. The molecule has 3 aromatic rings. The van der Waals surface area contributed by atoms with Crippen molar-refractivity contribution >= 4 is 11.8 Å². The fraction of sp³-hybridized carbons (Fsp3) is 0.235. The molecule has 0 aliphatic rings. The van der Waals surface area contributed by atoms with Crippen molar-refractivity contribution in [1.29, 1.82) is 0 Å². The lowest BCUT2D eigenvalue weighted by atomic mass is 10.1. The van der Waals surface area contributed by atoms with Gasteiger partial charge >= 0.3 is 6.18 Å². The van der Waals surface area contributed by atoms with E-state index in [9.17, 15) is 13.2 Å². The Bertz CT molecular complexity index is 869. The molecule has 3 rings (SSSR count). The van der Waals surface area contributed by atoms with Gasteiger partial charge in [-0.1, -0.05) is 48.2 Å². The van der Waals surface area contributed by atoms with E-state index in [1.165, 1.54) is 23.9 Å². The second kappa shape index (κ2) is 6.87. The summed E-state index contributed by atoms with van der Waals surface area (Å²) < 4.78 is 40.9. The number of aromatic nitrogens is 4. The van der Waals surface area contributed by atoms with Crippen LogP contribution in [0.1, 0.15) is 22.3 Å². The number of nitrogens with zero attached hydrogens (tertiary/aromatic N) is 4. The summed E-state index contributed by atoms with van der Waals surface area (Å²) in [7, 11) is 0. The average Bonchev–Trinajstić information content (AvgIpc) is 3.00. The highest BCUT2D eigenvalue weighted by atomic mass is 32.2. The number of thioether (sulfide) groups is 1. The van der Waals surface area contributed by atoms with E-state index in [0.29, 0.717) is 5.16 Å². The van der Waals surface area contributed by atoms with Gasteiger partial charge in [-0.15, -0.1) is 5.10 Å². The zero-order chi connectivity index (χ0) is 18.0. The molecular weight excluding hydrogens is 349 g/mol. The second-order valence-electron chi connectivity index (χ2n) is 5.56. The summed E-state index contributed by atoms with van der Waals surface area (Å²) in [6, 6.07) is 11.4. The van der Waals surface area contributed by atoms with E-state index in [1.54, 1.807) is 10.7 Å². The monoisotopic (exact) mass is 364 g/mol. The third kappa shape index (κ3) is 3.68. The van der Waals surface area contributed by atoms with Gasteiger partial charge in [0.15, 0.2) is 0 Å². The first kappa shape index (κ1) is 17.5. The molecule has 0 saturated carbocycles. The van der Waals surface area contributed by atoms with Gasteiger partial charge in [0.2, 0.25) is 5.16 Å². The SMILES string of the molecule is Cc1cccc(C)c1-n1nnnc1SCc1ccccc1C(F)(F)F. The first-order valence-electron chi connectivity index (χ1n) is 7.51.